The average Bonchev–Trinajstić information content (AvgIpc) is 2.65. The number of hydrogen-bond donors (Lipinski definition) is 1. The quantitative estimate of drug-likeness (QED) is 0.241. The van der Waals surface area contributed by atoms with Gasteiger partial charge in [0.1, 0.15) is 6.61 Å². The van der Waals surface area contributed by atoms with Crippen LogP contribution in [0.1, 0.15) is 11.1 Å². The first-order valence-electron chi connectivity index (χ1n) is 8.05. The van der Waals surface area contributed by atoms with E-state index in [-0.39, 0.29) is 23.7 Å². The average molecular weight is 459 g/mol. The molecule has 0 atom stereocenters. The summed E-state index contributed by atoms with van der Waals surface area (Å²) in [6.45, 7) is 0.130. The number of hydrazone groups is 1. The van der Waals surface area contributed by atoms with Gasteiger partial charge in [-0.15, -0.1) is 0 Å². The van der Waals surface area contributed by atoms with E-state index in [2.05, 4.69) is 5.10 Å². The molecule has 0 spiro atoms. The van der Waals surface area contributed by atoms with Crippen LogP contribution in [0.3, 0.4) is 0 Å². The fourth-order valence-electron chi connectivity index (χ4n) is 2.11. The molecule has 2 aromatic rings. The Bertz CT molecular complexity index is 904. The molecule has 0 saturated heterocycles. The molecule has 0 saturated carbocycles. The van der Waals surface area contributed by atoms with Crippen molar-refractivity contribution in [2.75, 3.05) is 7.11 Å². The van der Waals surface area contributed by atoms with Crippen LogP contribution in [0.15, 0.2) is 47.6 Å². The number of alkyl halides is 7. The minimum atomic E-state index is -6.45. The van der Waals surface area contributed by atoms with E-state index in [1.165, 1.54) is 25.3 Å². The lowest BCUT2D eigenvalue weighted by atomic mass is 10.2. The van der Waals surface area contributed by atoms with E-state index in [4.69, 9.17) is 21.1 Å². The van der Waals surface area contributed by atoms with Crippen LogP contribution in [0, 0.1) is 0 Å². The molecule has 1 N–H and O–H groups in total. The number of ether oxygens (including phenoxy) is 2. The van der Waals surface area contributed by atoms with Crippen molar-refractivity contribution in [2.24, 2.45) is 5.10 Å². The molecule has 0 heterocycles. The lowest BCUT2D eigenvalue weighted by Gasteiger charge is -2.27. The van der Waals surface area contributed by atoms with E-state index in [0.717, 1.165) is 5.56 Å². The Morgan fingerprint density at radius 2 is 1.70 bits per heavy atom. The van der Waals surface area contributed by atoms with Crippen LogP contribution in [-0.4, -0.2) is 31.5 Å². The molecule has 0 aliphatic carbocycles. The van der Waals surface area contributed by atoms with Gasteiger partial charge in [0.05, 0.1) is 13.3 Å². The molecule has 0 fully saturated rings. The standard InChI is InChI=1S/C18H14ClF7N2O2/c1-29-15-8-11(9-27-28-18(25,26)16(20,21)17(22,23)24)5-6-14(15)30-10-12-3-2-4-13(19)7-12/h2-9,28H,10H2,1H3/b27-9-. The number of hydrogen-bond acceptors (Lipinski definition) is 4. The second-order valence-electron chi connectivity index (χ2n) is 5.85. The molecule has 164 valence electrons. The molecule has 12 heteroatoms. The number of benzene rings is 2. The molecule has 0 amide bonds. The molecular weight excluding hydrogens is 445 g/mol. The van der Waals surface area contributed by atoms with Crippen molar-refractivity contribution in [3.05, 3.63) is 58.6 Å². The Balaban J connectivity index is 2.09. The first-order chi connectivity index (χ1) is 13.9. The maximum Gasteiger partial charge on any atom is 0.462 e. The highest BCUT2D eigenvalue weighted by Crippen LogP contribution is 2.45. The van der Waals surface area contributed by atoms with Crippen LogP contribution in [0.25, 0.3) is 0 Å². The Kier molecular flexibility index (Phi) is 7.06. The Labute approximate surface area is 171 Å². The number of nitrogens with zero attached hydrogens (tertiary/aromatic N) is 1. The monoisotopic (exact) mass is 458 g/mol. The fraction of sp³-hybridized carbons (Fsp3) is 0.278. The van der Waals surface area contributed by atoms with Gasteiger partial charge in [-0.1, -0.05) is 23.7 Å². The normalized spacial score (nSPS) is 12.8. The first-order valence-corrected chi connectivity index (χ1v) is 8.43. The highest BCUT2D eigenvalue weighted by atomic mass is 35.5. The van der Waals surface area contributed by atoms with Crippen LogP contribution < -0.4 is 14.9 Å². The molecule has 2 rings (SSSR count). The van der Waals surface area contributed by atoms with E-state index >= 15 is 0 Å². The van der Waals surface area contributed by atoms with E-state index in [9.17, 15) is 30.7 Å². The van der Waals surface area contributed by atoms with Gasteiger partial charge in [-0.25, -0.2) is 5.43 Å². The molecule has 0 aromatic heterocycles. The van der Waals surface area contributed by atoms with Gasteiger partial charge in [-0.05, 0) is 41.5 Å². The van der Waals surface area contributed by atoms with Gasteiger partial charge in [0.25, 0.3) is 0 Å². The predicted molar refractivity (Wildman–Crippen MR) is 95.5 cm³/mol. The summed E-state index contributed by atoms with van der Waals surface area (Å²) in [5.41, 5.74) is 1.37. The summed E-state index contributed by atoms with van der Waals surface area (Å²) >= 11 is 5.88. The summed E-state index contributed by atoms with van der Waals surface area (Å²) < 4.78 is 98.8. The van der Waals surface area contributed by atoms with Crippen molar-refractivity contribution in [1.29, 1.82) is 0 Å². The molecule has 0 unspecified atom stereocenters. The topological polar surface area (TPSA) is 42.8 Å². The minimum Gasteiger partial charge on any atom is -0.493 e. The van der Waals surface area contributed by atoms with Gasteiger partial charge in [0, 0.05) is 5.02 Å². The predicted octanol–water partition coefficient (Wildman–Crippen LogP) is 5.64. The third-order valence-electron chi connectivity index (χ3n) is 3.64. The molecule has 30 heavy (non-hydrogen) atoms. The van der Waals surface area contributed by atoms with Gasteiger partial charge in [-0.2, -0.15) is 35.8 Å². The zero-order chi connectivity index (χ0) is 22.6. The van der Waals surface area contributed by atoms with Crippen molar-refractivity contribution in [2.45, 2.75) is 24.8 Å². The van der Waals surface area contributed by atoms with Crippen molar-refractivity contribution in [1.82, 2.24) is 5.43 Å². The molecular formula is C18H14ClF7N2O2. The third kappa shape index (κ3) is 5.47. The zero-order valence-corrected chi connectivity index (χ0v) is 15.9. The highest BCUT2D eigenvalue weighted by Gasteiger charge is 2.73. The van der Waals surface area contributed by atoms with Crippen molar-refractivity contribution < 1.29 is 40.2 Å². The van der Waals surface area contributed by atoms with Crippen LogP contribution in [0.2, 0.25) is 5.02 Å². The Morgan fingerprint density at radius 1 is 1.00 bits per heavy atom. The van der Waals surface area contributed by atoms with Gasteiger partial charge >= 0.3 is 18.1 Å². The van der Waals surface area contributed by atoms with E-state index < -0.39 is 18.1 Å². The molecule has 0 radical (unpaired) electrons. The second kappa shape index (κ2) is 8.99. The van der Waals surface area contributed by atoms with E-state index in [0.29, 0.717) is 16.7 Å². The SMILES string of the molecule is COc1cc(/C=N\NC(F)(F)C(F)(F)C(F)(F)F)ccc1OCc1cccc(Cl)c1. The summed E-state index contributed by atoms with van der Waals surface area (Å²) in [5, 5.41) is 3.29. The number of methoxy groups -OCH3 is 1. The van der Waals surface area contributed by atoms with Gasteiger partial charge in [0.2, 0.25) is 0 Å². The summed E-state index contributed by atoms with van der Waals surface area (Å²) in [5.74, 6) is -5.91. The summed E-state index contributed by atoms with van der Waals surface area (Å²) in [6, 6.07) is 5.16. The smallest absolute Gasteiger partial charge is 0.462 e. The summed E-state index contributed by atoms with van der Waals surface area (Å²) in [4.78, 5) is 0. The van der Waals surface area contributed by atoms with Crippen molar-refractivity contribution in [3.63, 3.8) is 0 Å². The van der Waals surface area contributed by atoms with Crippen LogP contribution in [0.4, 0.5) is 30.7 Å². The maximum atomic E-state index is 13.2. The van der Waals surface area contributed by atoms with E-state index in [1.807, 2.05) is 0 Å². The molecule has 0 bridgehead atoms. The molecule has 4 nitrogen and oxygen atoms in total. The second-order valence-corrected chi connectivity index (χ2v) is 6.28. The summed E-state index contributed by atoms with van der Waals surface area (Å²) in [6.07, 6.45) is -5.83. The maximum absolute atomic E-state index is 13.2. The highest BCUT2D eigenvalue weighted by molar-refractivity contribution is 6.30. The molecule has 0 aliphatic rings. The third-order valence-corrected chi connectivity index (χ3v) is 3.88. The minimum absolute atomic E-state index is 0.0700. The first kappa shape index (κ1) is 23.6. The Hall–Kier alpha value is -2.69. The lowest BCUT2D eigenvalue weighted by Crippen LogP contribution is -2.58. The van der Waals surface area contributed by atoms with E-state index in [1.54, 1.807) is 24.3 Å². The number of rotatable bonds is 8. The van der Waals surface area contributed by atoms with Gasteiger partial charge in [-0.3, -0.25) is 0 Å². The van der Waals surface area contributed by atoms with Crippen LogP contribution in [0.5, 0.6) is 11.5 Å². The van der Waals surface area contributed by atoms with Gasteiger partial charge < -0.3 is 9.47 Å². The molecule has 0 aliphatic heterocycles. The number of nitrogens with one attached hydrogen (secondary N) is 1. The zero-order valence-electron chi connectivity index (χ0n) is 15.1. The van der Waals surface area contributed by atoms with Crippen molar-refractivity contribution in [3.8, 4) is 11.5 Å². The fourth-order valence-corrected chi connectivity index (χ4v) is 2.32. The van der Waals surface area contributed by atoms with Crippen molar-refractivity contribution >= 4 is 17.8 Å². The largest absolute Gasteiger partial charge is 0.493 e. The van der Waals surface area contributed by atoms with Crippen LogP contribution in [-0.2, 0) is 6.61 Å². The molecule has 2 aromatic carbocycles. The van der Waals surface area contributed by atoms with Crippen LogP contribution >= 0.6 is 11.6 Å². The lowest BCUT2D eigenvalue weighted by molar-refractivity contribution is -0.361. The van der Waals surface area contributed by atoms with Gasteiger partial charge in [0.15, 0.2) is 11.5 Å². The number of halogens is 8. The summed E-state index contributed by atoms with van der Waals surface area (Å²) in [7, 11) is 1.29. The Morgan fingerprint density at radius 3 is 2.30 bits per heavy atom.